The van der Waals surface area contributed by atoms with Gasteiger partial charge in [-0.3, -0.25) is 19.3 Å². The van der Waals surface area contributed by atoms with Crippen molar-refractivity contribution in [1.29, 1.82) is 0 Å². The number of nitrogens with zero attached hydrogens (tertiary/aromatic N) is 3. The van der Waals surface area contributed by atoms with Crippen molar-refractivity contribution in [2.24, 2.45) is 0 Å². The zero-order valence-corrected chi connectivity index (χ0v) is 27.1. The number of aromatic nitrogens is 4. The Balaban J connectivity index is 1.80. The molecule has 2 N–H and O–H groups in total. The molecule has 0 aliphatic carbocycles. The van der Waals surface area contributed by atoms with Crippen LogP contribution < -0.4 is 0 Å². The molecule has 4 aliphatic heterocycles. The molecule has 9 nitrogen and oxygen atoms in total. The molecule has 46 heavy (non-hydrogen) atoms. The van der Waals surface area contributed by atoms with Crippen molar-refractivity contribution in [3.8, 4) is 12.3 Å². The van der Waals surface area contributed by atoms with Crippen LogP contribution in [-0.2, 0) is 9.53 Å². The summed E-state index contributed by atoms with van der Waals surface area (Å²) in [5.74, 6) is 0.817. The van der Waals surface area contributed by atoms with Crippen LogP contribution in [-0.4, -0.2) is 56.3 Å². The first-order valence-electron chi connectivity index (χ1n) is 15.5. The highest BCUT2D eigenvalue weighted by molar-refractivity contribution is 6.23. The van der Waals surface area contributed by atoms with Gasteiger partial charge in [-0.1, -0.05) is 32.4 Å². The third-order valence-corrected chi connectivity index (χ3v) is 9.70. The molecule has 4 aliphatic rings. The fraction of sp³-hybridized carbons (Fsp3) is 0.324. The van der Waals surface area contributed by atoms with Crippen molar-refractivity contribution in [2.45, 2.75) is 65.7 Å². The fourth-order valence-corrected chi connectivity index (χ4v) is 7.04. The average Bonchev–Trinajstić information content (AvgIpc) is 3.71. The highest BCUT2D eigenvalue weighted by atomic mass is 16.5. The van der Waals surface area contributed by atoms with E-state index >= 15 is 0 Å². The Morgan fingerprint density at radius 3 is 2.41 bits per heavy atom. The van der Waals surface area contributed by atoms with Gasteiger partial charge in [0.25, 0.3) is 11.8 Å². The number of imide groups is 1. The van der Waals surface area contributed by atoms with E-state index in [1.54, 1.807) is 0 Å². The molecule has 0 saturated heterocycles. The number of hydrogen-bond acceptors (Lipinski definition) is 6. The molecule has 6 rings (SSSR count). The lowest BCUT2D eigenvalue weighted by Gasteiger charge is -2.25. The minimum absolute atomic E-state index is 0.121. The number of esters is 1. The van der Waals surface area contributed by atoms with Gasteiger partial charge in [0.1, 0.15) is 0 Å². The van der Waals surface area contributed by atoms with Crippen LogP contribution in [0.1, 0.15) is 119 Å². The molecule has 0 radical (unpaired) electrons. The van der Waals surface area contributed by atoms with Crippen LogP contribution in [0.2, 0.25) is 0 Å². The molecule has 0 aromatic carbocycles. The molecular formula is C37H37N5O4. The number of fused-ring (bicyclic) bond motifs is 8. The van der Waals surface area contributed by atoms with Crippen LogP contribution in [0.4, 0.5) is 0 Å². The summed E-state index contributed by atoms with van der Waals surface area (Å²) < 4.78 is 4.96. The number of ether oxygens (including phenoxy) is 1. The van der Waals surface area contributed by atoms with Crippen molar-refractivity contribution in [3.05, 3.63) is 81.7 Å². The Morgan fingerprint density at radius 2 is 1.74 bits per heavy atom. The van der Waals surface area contributed by atoms with Crippen LogP contribution >= 0.6 is 0 Å². The normalized spacial score (nSPS) is 18.2. The third-order valence-electron chi connectivity index (χ3n) is 9.70. The maximum absolute atomic E-state index is 14.2. The second-order valence-corrected chi connectivity index (χ2v) is 12.1. The average molecular weight is 616 g/mol. The van der Waals surface area contributed by atoms with Gasteiger partial charge < -0.3 is 14.7 Å². The maximum Gasteiger partial charge on any atom is 0.305 e. The number of aryl methyl sites for hydroxylation is 1. The second kappa shape index (κ2) is 11.6. The molecule has 8 bridgehead atoms. The van der Waals surface area contributed by atoms with Gasteiger partial charge in [-0.05, 0) is 74.1 Å². The molecule has 0 saturated carbocycles. The SMILES string of the molecule is C#CCN1C(=O)c2c3[nH]c(cc4nc(cc5nc(cc6[nH]c2c(c6C)C1=O)C(CC)=C5C)C(C=C)=C4C)[C@@H](C)[C@@H]3CCC(=O)OC. The molecule has 2 atom stereocenters. The van der Waals surface area contributed by atoms with Gasteiger partial charge in [-0.2, -0.15) is 0 Å². The van der Waals surface area contributed by atoms with Crippen LogP contribution in [0.25, 0.3) is 33.3 Å². The van der Waals surface area contributed by atoms with Crippen LogP contribution in [0.15, 0.2) is 30.9 Å². The lowest BCUT2D eigenvalue weighted by atomic mass is 9.84. The topological polar surface area (TPSA) is 121 Å². The first-order chi connectivity index (χ1) is 22.0. The fourth-order valence-electron chi connectivity index (χ4n) is 7.04. The second-order valence-electron chi connectivity index (χ2n) is 12.1. The number of allylic oxidation sites excluding steroid dienone is 5. The maximum atomic E-state index is 14.2. The predicted molar refractivity (Wildman–Crippen MR) is 179 cm³/mol. The number of hydrogen-bond donors (Lipinski definition) is 2. The molecule has 234 valence electrons. The lowest BCUT2D eigenvalue weighted by molar-refractivity contribution is -0.140. The van der Waals surface area contributed by atoms with Crippen molar-refractivity contribution in [2.75, 3.05) is 13.7 Å². The molecule has 0 spiro atoms. The summed E-state index contributed by atoms with van der Waals surface area (Å²) in [4.78, 5) is 58.6. The van der Waals surface area contributed by atoms with E-state index in [1.807, 2.05) is 38.1 Å². The van der Waals surface area contributed by atoms with Gasteiger partial charge in [0.15, 0.2) is 0 Å². The lowest BCUT2D eigenvalue weighted by Crippen LogP contribution is -2.41. The number of carbonyl (C=O) groups excluding carboxylic acids is 3. The standard InChI is InChI=1S/C37H37N5O4/c1-9-14-42-36(44)32-21(7)28-17-30-23(11-3)19(5)26(39-30)16-29-22(10-2)18(4)25(38-29)15-27-20(6)24(12-13-31(43)46-8)34(40-27)33(37(42)45)35(32)41-28/h1,10,15-17,20,24,40-41H,2,11-14H2,3-8H3/t20-,24-/m0/s1. The van der Waals surface area contributed by atoms with Crippen LogP contribution in [0, 0.1) is 19.3 Å². The largest absolute Gasteiger partial charge is 0.469 e. The minimum atomic E-state index is -0.490. The molecule has 6 heterocycles. The van der Waals surface area contributed by atoms with E-state index in [0.29, 0.717) is 39.8 Å². The van der Waals surface area contributed by atoms with Crippen molar-refractivity contribution >= 4 is 51.1 Å². The molecule has 0 unspecified atom stereocenters. The van der Waals surface area contributed by atoms with Crippen molar-refractivity contribution in [1.82, 2.24) is 24.8 Å². The third kappa shape index (κ3) is 4.67. The van der Waals surface area contributed by atoms with E-state index < -0.39 is 11.8 Å². The number of H-pyrrole nitrogens is 2. The zero-order chi connectivity index (χ0) is 33.0. The summed E-state index contributed by atoms with van der Waals surface area (Å²) >= 11 is 0. The van der Waals surface area contributed by atoms with Gasteiger partial charge in [0.05, 0.1) is 53.1 Å². The summed E-state index contributed by atoms with van der Waals surface area (Å²) in [6, 6.07) is 5.95. The number of terminal acetylenes is 1. The number of methoxy groups -OCH3 is 1. The number of carbonyl (C=O) groups is 3. The van der Waals surface area contributed by atoms with E-state index in [4.69, 9.17) is 21.1 Å². The smallest absolute Gasteiger partial charge is 0.305 e. The van der Waals surface area contributed by atoms with Crippen LogP contribution in [0.3, 0.4) is 0 Å². The first-order valence-corrected chi connectivity index (χ1v) is 15.5. The Labute approximate surface area is 268 Å². The molecule has 2 aromatic rings. The summed E-state index contributed by atoms with van der Waals surface area (Å²) in [5, 5.41) is 0. The van der Waals surface area contributed by atoms with Crippen molar-refractivity contribution < 1.29 is 19.1 Å². The van der Waals surface area contributed by atoms with E-state index in [2.05, 4.69) is 43.2 Å². The van der Waals surface area contributed by atoms with Gasteiger partial charge in [0.2, 0.25) is 0 Å². The zero-order valence-electron chi connectivity index (χ0n) is 27.1. The summed E-state index contributed by atoms with van der Waals surface area (Å²) in [6.07, 6.45) is 8.80. The van der Waals surface area contributed by atoms with Gasteiger partial charge in [-0.15, -0.1) is 6.42 Å². The number of nitrogens with one attached hydrogen (secondary N) is 2. The highest BCUT2D eigenvalue weighted by Crippen LogP contribution is 2.44. The van der Waals surface area contributed by atoms with E-state index in [9.17, 15) is 14.4 Å². The van der Waals surface area contributed by atoms with Gasteiger partial charge in [-0.25, -0.2) is 9.97 Å². The Bertz CT molecular complexity index is 2050. The molecule has 2 aromatic heterocycles. The molecular weight excluding hydrogens is 578 g/mol. The summed E-state index contributed by atoms with van der Waals surface area (Å²) in [6.45, 7) is 14.0. The van der Waals surface area contributed by atoms with E-state index in [0.717, 1.165) is 62.1 Å². The van der Waals surface area contributed by atoms with E-state index in [-0.39, 0.29) is 30.8 Å². The highest BCUT2D eigenvalue weighted by Gasteiger charge is 2.40. The van der Waals surface area contributed by atoms with Crippen LogP contribution in [0.5, 0.6) is 0 Å². The molecule has 0 fully saturated rings. The Hall–Kier alpha value is -5.23. The van der Waals surface area contributed by atoms with E-state index in [1.165, 1.54) is 7.11 Å². The predicted octanol–water partition coefficient (Wildman–Crippen LogP) is 6.87. The Kier molecular flexibility index (Phi) is 7.77. The minimum Gasteiger partial charge on any atom is -0.469 e. The quantitative estimate of drug-likeness (QED) is 0.208. The number of aromatic amines is 2. The monoisotopic (exact) mass is 615 g/mol. The number of amides is 2. The van der Waals surface area contributed by atoms with Gasteiger partial charge >= 0.3 is 5.97 Å². The molecule has 2 amide bonds. The van der Waals surface area contributed by atoms with Gasteiger partial charge in [0, 0.05) is 40.7 Å². The van der Waals surface area contributed by atoms with Crippen molar-refractivity contribution in [3.63, 3.8) is 0 Å². The molecule has 9 heteroatoms. The summed E-state index contributed by atoms with van der Waals surface area (Å²) in [5.41, 5.74) is 11.2. The first kappa shape index (κ1) is 30.8. The Morgan fingerprint density at radius 1 is 1.04 bits per heavy atom. The summed E-state index contributed by atoms with van der Waals surface area (Å²) in [7, 11) is 1.36. The number of rotatable bonds is 6.